The molecule has 45 heavy (non-hydrogen) atoms. The molecule has 1 unspecified atom stereocenters. The zero-order valence-corrected chi connectivity index (χ0v) is 28.5. The van der Waals surface area contributed by atoms with Crippen molar-refractivity contribution in [3.05, 3.63) is 67.6 Å². The van der Waals surface area contributed by atoms with Crippen LogP contribution in [0.15, 0.2) is 41.6 Å². The molecule has 0 aromatic heterocycles. The number of carbonyl (C=O) groups excluding carboxylic acids is 3. The quantitative estimate of drug-likeness (QED) is 0.165. The van der Waals surface area contributed by atoms with Crippen molar-refractivity contribution in [3.63, 3.8) is 0 Å². The van der Waals surface area contributed by atoms with Gasteiger partial charge < -0.3 is 25.2 Å². The van der Waals surface area contributed by atoms with Gasteiger partial charge in [-0.15, -0.1) is 0 Å². The average molecular weight is 700 g/mol. The summed E-state index contributed by atoms with van der Waals surface area (Å²) in [6.45, 7) is 3.10. The van der Waals surface area contributed by atoms with Gasteiger partial charge >= 0.3 is 0 Å². The normalized spacial score (nSPS) is 19.0. The molecule has 2 N–H and O–H groups in total. The lowest BCUT2D eigenvalue weighted by Crippen LogP contribution is -2.52. The summed E-state index contributed by atoms with van der Waals surface area (Å²) < 4.78 is 0. The summed E-state index contributed by atoms with van der Waals surface area (Å²) in [5.74, 6) is -0.932. The number of rotatable bonds is 11. The predicted molar refractivity (Wildman–Crippen MR) is 179 cm³/mol. The Kier molecular flexibility index (Phi) is 12.8. The Morgan fingerprint density at radius 3 is 2.33 bits per heavy atom. The first-order valence-electron chi connectivity index (χ1n) is 15.1. The zero-order valence-electron chi connectivity index (χ0n) is 25.4. The van der Waals surface area contributed by atoms with Crippen molar-refractivity contribution < 1.29 is 19.6 Å². The minimum absolute atomic E-state index is 0.0563. The lowest BCUT2D eigenvalue weighted by atomic mass is 9.89. The van der Waals surface area contributed by atoms with Gasteiger partial charge in [-0.05, 0) is 74.5 Å². The van der Waals surface area contributed by atoms with Gasteiger partial charge in [-0.3, -0.25) is 14.4 Å². The molecule has 2 fully saturated rings. The van der Waals surface area contributed by atoms with E-state index in [0.29, 0.717) is 44.3 Å². The molecular formula is C32H39Cl4N5O4. The molecule has 0 aliphatic carbocycles. The molecule has 9 nitrogen and oxygen atoms in total. The number of benzene rings is 2. The third-order valence-electron chi connectivity index (χ3n) is 8.76. The molecule has 2 aromatic rings. The van der Waals surface area contributed by atoms with Crippen LogP contribution in [-0.4, -0.2) is 96.2 Å². The summed E-state index contributed by atoms with van der Waals surface area (Å²) in [6, 6.07) is 10.1. The van der Waals surface area contributed by atoms with E-state index in [9.17, 15) is 19.6 Å². The molecule has 2 aromatic carbocycles. The molecule has 2 aliphatic heterocycles. The molecule has 2 aliphatic rings. The maximum atomic E-state index is 13.2. The zero-order chi connectivity index (χ0) is 32.7. The second-order valence-corrected chi connectivity index (χ2v) is 13.4. The summed E-state index contributed by atoms with van der Waals surface area (Å²) in [4.78, 5) is 44.1. The van der Waals surface area contributed by atoms with Crippen LogP contribution < -0.4 is 5.32 Å². The number of nitrogens with zero attached hydrogens (tertiary/aromatic N) is 4. The Labute approximate surface area is 284 Å². The molecule has 4 rings (SSSR count). The van der Waals surface area contributed by atoms with Crippen LogP contribution in [0.4, 0.5) is 0 Å². The van der Waals surface area contributed by atoms with Crippen LogP contribution in [0.3, 0.4) is 0 Å². The molecule has 0 saturated carbocycles. The summed E-state index contributed by atoms with van der Waals surface area (Å²) in [5, 5.41) is 18.0. The van der Waals surface area contributed by atoms with Crippen molar-refractivity contribution in [3.8, 4) is 0 Å². The molecule has 244 valence electrons. The maximum absolute atomic E-state index is 13.2. The maximum Gasteiger partial charge on any atom is 0.254 e. The van der Waals surface area contributed by atoms with E-state index in [4.69, 9.17) is 46.4 Å². The number of carbonyl (C=O) groups is 3. The lowest BCUT2D eigenvalue weighted by molar-refractivity contribution is -0.144. The van der Waals surface area contributed by atoms with Crippen LogP contribution in [0.2, 0.25) is 20.1 Å². The second-order valence-electron chi connectivity index (χ2n) is 11.7. The Bertz CT molecular complexity index is 1400. The minimum atomic E-state index is -0.352. The van der Waals surface area contributed by atoms with Crippen molar-refractivity contribution in [1.82, 2.24) is 20.0 Å². The highest BCUT2D eigenvalue weighted by molar-refractivity contribution is 6.42. The fourth-order valence-corrected chi connectivity index (χ4v) is 7.13. The highest BCUT2D eigenvalue weighted by Crippen LogP contribution is 2.31. The number of piperidine rings is 2. The lowest BCUT2D eigenvalue weighted by Gasteiger charge is -2.42. The van der Waals surface area contributed by atoms with Crippen molar-refractivity contribution in [2.24, 2.45) is 11.1 Å². The Morgan fingerprint density at radius 1 is 1.02 bits per heavy atom. The predicted octanol–water partition coefficient (Wildman–Crippen LogP) is 6.22. The van der Waals surface area contributed by atoms with Crippen LogP contribution in [-0.2, 0) is 9.59 Å². The summed E-state index contributed by atoms with van der Waals surface area (Å²) in [6.07, 6.45) is 4.18. The van der Waals surface area contributed by atoms with E-state index in [1.807, 2.05) is 11.0 Å². The molecule has 0 bridgehead atoms. The summed E-state index contributed by atoms with van der Waals surface area (Å²) >= 11 is 24.8. The first kappa shape index (κ1) is 35.3. The number of amides is 3. The van der Waals surface area contributed by atoms with Gasteiger partial charge in [0, 0.05) is 73.6 Å². The van der Waals surface area contributed by atoms with E-state index in [2.05, 4.69) is 15.4 Å². The number of hydrogen-bond acceptors (Lipinski definition) is 6. The summed E-state index contributed by atoms with van der Waals surface area (Å²) in [7, 11) is 3.22. The number of likely N-dealkylation sites (tertiary alicyclic amines) is 2. The number of nitrogens with one attached hydrogen (secondary N) is 1. The standard InChI is InChI=1S/C32H39Cl4N5O4/c1-37-30(42)17-21-4-3-10-41(32(21)44)25-7-11-40(12-8-25)13-9-26(20-5-6-27(35)28(36)16-20)29(38-45)19-39(2)31(43)22-14-23(33)18-24(34)15-22/h5-6,14-16,18,21,25-26,45H,3-4,7-13,17,19H2,1-2H3,(H,37,42)/b38-29+/t21?,26-/m0/s1. The van der Waals surface area contributed by atoms with Gasteiger partial charge in [0.25, 0.3) is 5.91 Å². The van der Waals surface area contributed by atoms with Gasteiger partial charge in [-0.1, -0.05) is 57.6 Å². The van der Waals surface area contributed by atoms with E-state index < -0.39 is 0 Å². The summed E-state index contributed by atoms with van der Waals surface area (Å²) in [5.41, 5.74) is 1.54. The van der Waals surface area contributed by atoms with Crippen LogP contribution in [0.25, 0.3) is 0 Å². The van der Waals surface area contributed by atoms with Crippen LogP contribution in [0.5, 0.6) is 0 Å². The number of hydrogen-bond donors (Lipinski definition) is 2. The largest absolute Gasteiger partial charge is 0.411 e. The monoisotopic (exact) mass is 697 g/mol. The SMILES string of the molecule is CNC(=O)CC1CCCN(C2CCN(CC[C@H](/C(CN(C)C(=O)c3cc(Cl)cc(Cl)c3)=N/O)c3ccc(Cl)c(Cl)c3)CC2)C1=O. The van der Waals surface area contributed by atoms with E-state index in [-0.39, 0.29) is 48.6 Å². The van der Waals surface area contributed by atoms with Gasteiger partial charge in [0.05, 0.1) is 22.3 Å². The van der Waals surface area contributed by atoms with Crippen molar-refractivity contribution in [2.45, 2.75) is 50.5 Å². The van der Waals surface area contributed by atoms with E-state index in [1.54, 1.807) is 44.4 Å². The number of halogens is 4. The van der Waals surface area contributed by atoms with Crippen LogP contribution >= 0.6 is 46.4 Å². The van der Waals surface area contributed by atoms with Gasteiger partial charge in [0.2, 0.25) is 11.8 Å². The van der Waals surface area contributed by atoms with Gasteiger partial charge in [-0.2, -0.15) is 0 Å². The molecule has 13 heteroatoms. The molecule has 2 heterocycles. The third-order valence-corrected chi connectivity index (χ3v) is 9.93. The van der Waals surface area contributed by atoms with Crippen molar-refractivity contribution in [2.75, 3.05) is 46.8 Å². The average Bonchev–Trinajstić information content (AvgIpc) is 3.02. The molecule has 2 atom stereocenters. The first-order valence-corrected chi connectivity index (χ1v) is 16.6. The van der Waals surface area contributed by atoms with Crippen LogP contribution in [0, 0.1) is 5.92 Å². The first-order chi connectivity index (χ1) is 21.5. The Hall–Kier alpha value is -2.56. The van der Waals surface area contributed by atoms with E-state index in [1.165, 1.54) is 4.90 Å². The molecule has 0 spiro atoms. The fraction of sp³-hybridized carbons (Fsp3) is 0.500. The molecule has 3 amide bonds. The van der Waals surface area contributed by atoms with E-state index in [0.717, 1.165) is 50.9 Å². The smallest absolute Gasteiger partial charge is 0.254 e. The van der Waals surface area contributed by atoms with Gasteiger partial charge in [-0.25, -0.2) is 0 Å². The number of oxime groups is 1. The van der Waals surface area contributed by atoms with Crippen molar-refractivity contribution in [1.29, 1.82) is 0 Å². The molecule has 2 saturated heterocycles. The van der Waals surface area contributed by atoms with Gasteiger partial charge in [0.15, 0.2) is 0 Å². The highest BCUT2D eigenvalue weighted by atomic mass is 35.5. The third kappa shape index (κ3) is 9.26. The topological polar surface area (TPSA) is 106 Å². The highest BCUT2D eigenvalue weighted by Gasteiger charge is 2.36. The fourth-order valence-electron chi connectivity index (χ4n) is 6.30. The van der Waals surface area contributed by atoms with Gasteiger partial charge in [0.1, 0.15) is 0 Å². The Morgan fingerprint density at radius 2 is 1.71 bits per heavy atom. The Balaban J connectivity index is 1.42. The van der Waals surface area contributed by atoms with Crippen LogP contribution in [0.1, 0.15) is 60.4 Å². The molecular weight excluding hydrogens is 660 g/mol. The minimum Gasteiger partial charge on any atom is -0.411 e. The van der Waals surface area contributed by atoms with Crippen molar-refractivity contribution >= 4 is 69.8 Å². The molecule has 0 radical (unpaired) electrons. The van der Waals surface area contributed by atoms with E-state index >= 15 is 0 Å². The second kappa shape index (κ2) is 16.3.